The Morgan fingerprint density at radius 2 is 2.38 bits per heavy atom. The summed E-state index contributed by atoms with van der Waals surface area (Å²) >= 11 is 0. The Bertz CT molecular complexity index is 90.7. The minimum atomic E-state index is 0.847. The Balaban J connectivity index is 2.00. The zero-order valence-corrected chi connectivity index (χ0v) is 5.22. The summed E-state index contributed by atoms with van der Waals surface area (Å²) in [7, 11) is 2.19. The van der Waals surface area contributed by atoms with Gasteiger partial charge in [-0.2, -0.15) is 0 Å². The van der Waals surface area contributed by atoms with Crippen LogP contribution in [0.4, 0.5) is 0 Å². The van der Waals surface area contributed by atoms with Gasteiger partial charge < -0.3 is 10.2 Å². The molecule has 2 heteroatoms. The van der Waals surface area contributed by atoms with E-state index in [1.54, 1.807) is 0 Å². The summed E-state index contributed by atoms with van der Waals surface area (Å²) in [5, 5.41) is 3.40. The van der Waals surface area contributed by atoms with Crippen LogP contribution in [-0.2, 0) is 0 Å². The van der Waals surface area contributed by atoms with E-state index in [1.165, 1.54) is 19.6 Å². The predicted molar refractivity (Wildman–Crippen MR) is 32.8 cm³/mol. The van der Waals surface area contributed by atoms with Crippen LogP contribution >= 0.6 is 0 Å². The molecule has 0 saturated carbocycles. The van der Waals surface area contributed by atoms with Crippen LogP contribution in [0, 0.1) is 5.92 Å². The normalized spacial score (nSPS) is 46.1. The first-order valence-corrected chi connectivity index (χ1v) is 3.28. The lowest BCUT2D eigenvalue weighted by Crippen LogP contribution is -2.51. The quantitative estimate of drug-likeness (QED) is 0.455. The Kier molecular flexibility index (Phi) is 0.866. The minimum Gasteiger partial charge on any atom is -0.312 e. The van der Waals surface area contributed by atoms with E-state index in [0.29, 0.717) is 0 Å². The second-order valence-electron chi connectivity index (χ2n) is 3.00. The zero-order valence-electron chi connectivity index (χ0n) is 5.22. The molecule has 0 unspecified atom stereocenters. The van der Waals surface area contributed by atoms with Crippen molar-refractivity contribution in [1.82, 2.24) is 10.2 Å². The topological polar surface area (TPSA) is 15.3 Å². The molecule has 0 bridgehead atoms. The monoisotopic (exact) mass is 112 g/mol. The van der Waals surface area contributed by atoms with Crippen molar-refractivity contribution >= 4 is 0 Å². The molecule has 0 amide bonds. The largest absolute Gasteiger partial charge is 0.312 e. The number of nitrogens with zero attached hydrogens (tertiary/aromatic N) is 1. The summed E-state index contributed by atoms with van der Waals surface area (Å²) < 4.78 is 0. The fourth-order valence-electron chi connectivity index (χ4n) is 1.67. The SMILES string of the molecule is CN1C[C@@H]2CN[C@H]2C1. The molecule has 0 aromatic heterocycles. The number of fused-ring (bicyclic) bond motifs is 1. The third-order valence-corrected chi connectivity index (χ3v) is 2.27. The molecule has 46 valence electrons. The van der Waals surface area contributed by atoms with E-state index in [2.05, 4.69) is 17.3 Å². The van der Waals surface area contributed by atoms with Crippen molar-refractivity contribution in [2.45, 2.75) is 6.04 Å². The van der Waals surface area contributed by atoms with E-state index in [4.69, 9.17) is 0 Å². The first kappa shape index (κ1) is 4.77. The van der Waals surface area contributed by atoms with E-state index in [9.17, 15) is 0 Å². The van der Waals surface area contributed by atoms with Crippen LogP contribution in [0.2, 0.25) is 0 Å². The first-order chi connectivity index (χ1) is 3.86. The molecule has 0 aromatic carbocycles. The summed E-state index contributed by atoms with van der Waals surface area (Å²) in [4.78, 5) is 2.40. The van der Waals surface area contributed by atoms with Crippen molar-refractivity contribution in [3.05, 3.63) is 0 Å². The lowest BCUT2D eigenvalue weighted by molar-refractivity contribution is 0.297. The van der Waals surface area contributed by atoms with Crippen LogP contribution in [0.3, 0.4) is 0 Å². The number of likely N-dealkylation sites (N-methyl/N-ethyl adjacent to an activating group) is 1. The predicted octanol–water partition coefficient (Wildman–Crippen LogP) is -0.480. The van der Waals surface area contributed by atoms with Crippen LogP contribution in [0.15, 0.2) is 0 Å². The number of hydrogen-bond acceptors (Lipinski definition) is 2. The molecular weight excluding hydrogens is 100 g/mol. The first-order valence-electron chi connectivity index (χ1n) is 3.28. The molecule has 2 aliphatic rings. The lowest BCUT2D eigenvalue weighted by Gasteiger charge is -2.30. The number of likely N-dealkylation sites (tertiary alicyclic amines) is 1. The summed E-state index contributed by atoms with van der Waals surface area (Å²) in [6.07, 6.45) is 0. The van der Waals surface area contributed by atoms with Crippen LogP contribution < -0.4 is 5.32 Å². The standard InChI is InChI=1S/C6H12N2/c1-8-3-5-2-7-6(5)4-8/h5-7H,2-4H2,1H3/t5-,6-/m0/s1. The van der Waals surface area contributed by atoms with Crippen molar-refractivity contribution in [3.8, 4) is 0 Å². The van der Waals surface area contributed by atoms with Gasteiger partial charge in [-0.25, -0.2) is 0 Å². The fourth-order valence-corrected chi connectivity index (χ4v) is 1.67. The molecule has 2 rings (SSSR count). The number of hydrogen-bond donors (Lipinski definition) is 1. The summed E-state index contributed by atoms with van der Waals surface area (Å²) in [5.74, 6) is 0.986. The van der Waals surface area contributed by atoms with E-state index < -0.39 is 0 Å². The van der Waals surface area contributed by atoms with Crippen molar-refractivity contribution in [2.75, 3.05) is 26.7 Å². The highest BCUT2D eigenvalue weighted by Crippen LogP contribution is 2.21. The number of nitrogens with one attached hydrogen (secondary N) is 1. The van der Waals surface area contributed by atoms with Crippen LogP contribution in [0.1, 0.15) is 0 Å². The van der Waals surface area contributed by atoms with E-state index >= 15 is 0 Å². The molecule has 0 aliphatic carbocycles. The van der Waals surface area contributed by atoms with Gasteiger partial charge in [-0.05, 0) is 7.05 Å². The van der Waals surface area contributed by atoms with Crippen molar-refractivity contribution in [2.24, 2.45) is 5.92 Å². The second kappa shape index (κ2) is 1.45. The van der Waals surface area contributed by atoms with Crippen molar-refractivity contribution in [1.29, 1.82) is 0 Å². The van der Waals surface area contributed by atoms with Gasteiger partial charge in [-0.3, -0.25) is 0 Å². The molecule has 0 spiro atoms. The smallest absolute Gasteiger partial charge is 0.0247 e. The van der Waals surface area contributed by atoms with Gasteiger partial charge in [-0.1, -0.05) is 0 Å². The Morgan fingerprint density at radius 3 is 2.62 bits per heavy atom. The van der Waals surface area contributed by atoms with Crippen molar-refractivity contribution < 1.29 is 0 Å². The molecule has 8 heavy (non-hydrogen) atoms. The van der Waals surface area contributed by atoms with E-state index in [-0.39, 0.29) is 0 Å². The minimum absolute atomic E-state index is 0.847. The lowest BCUT2D eigenvalue weighted by atomic mass is 9.96. The maximum absolute atomic E-state index is 3.40. The Hall–Kier alpha value is -0.0800. The highest BCUT2D eigenvalue weighted by molar-refractivity contribution is 4.96. The molecule has 0 radical (unpaired) electrons. The molecule has 2 nitrogen and oxygen atoms in total. The molecule has 1 N–H and O–H groups in total. The third kappa shape index (κ3) is 0.501. The summed E-state index contributed by atoms with van der Waals surface area (Å²) in [6, 6.07) is 0.847. The van der Waals surface area contributed by atoms with Gasteiger partial charge in [0.1, 0.15) is 0 Å². The van der Waals surface area contributed by atoms with Crippen molar-refractivity contribution in [3.63, 3.8) is 0 Å². The molecule has 2 saturated heterocycles. The maximum Gasteiger partial charge on any atom is 0.0247 e. The average molecular weight is 112 g/mol. The highest BCUT2D eigenvalue weighted by Gasteiger charge is 2.36. The molecule has 2 fully saturated rings. The Labute approximate surface area is 49.9 Å². The van der Waals surface area contributed by atoms with Crippen LogP contribution in [0.5, 0.6) is 0 Å². The van der Waals surface area contributed by atoms with E-state index in [1.807, 2.05) is 0 Å². The highest BCUT2D eigenvalue weighted by atomic mass is 15.2. The summed E-state index contributed by atoms with van der Waals surface area (Å²) in [6.45, 7) is 3.84. The third-order valence-electron chi connectivity index (χ3n) is 2.27. The zero-order chi connectivity index (χ0) is 5.56. The molecule has 0 aromatic rings. The van der Waals surface area contributed by atoms with Gasteiger partial charge in [0.05, 0.1) is 0 Å². The van der Waals surface area contributed by atoms with E-state index in [0.717, 1.165) is 12.0 Å². The Morgan fingerprint density at radius 1 is 1.50 bits per heavy atom. The second-order valence-corrected chi connectivity index (χ2v) is 3.00. The average Bonchev–Trinajstić information content (AvgIpc) is 1.91. The van der Waals surface area contributed by atoms with Crippen LogP contribution in [-0.4, -0.2) is 37.6 Å². The maximum atomic E-state index is 3.40. The number of rotatable bonds is 0. The van der Waals surface area contributed by atoms with Gasteiger partial charge in [0, 0.05) is 31.6 Å². The van der Waals surface area contributed by atoms with Crippen LogP contribution in [0.25, 0.3) is 0 Å². The molecular formula is C6H12N2. The molecule has 2 aliphatic heterocycles. The fraction of sp³-hybridized carbons (Fsp3) is 1.00. The van der Waals surface area contributed by atoms with Gasteiger partial charge in [-0.15, -0.1) is 0 Å². The van der Waals surface area contributed by atoms with Gasteiger partial charge in [0.2, 0.25) is 0 Å². The van der Waals surface area contributed by atoms with Gasteiger partial charge in [0.15, 0.2) is 0 Å². The summed E-state index contributed by atoms with van der Waals surface area (Å²) in [5.41, 5.74) is 0. The molecule has 2 heterocycles. The van der Waals surface area contributed by atoms with Gasteiger partial charge in [0.25, 0.3) is 0 Å². The van der Waals surface area contributed by atoms with Gasteiger partial charge >= 0.3 is 0 Å². The molecule has 2 atom stereocenters.